The molecule has 1 aliphatic heterocycles. The Bertz CT molecular complexity index is 568. The smallest absolute Gasteiger partial charge is 0.243 e. The molecule has 0 saturated carbocycles. The van der Waals surface area contributed by atoms with E-state index < -0.39 is 10.0 Å². The molecular formula is C16H26N2O2S. The van der Waals surface area contributed by atoms with Crippen LogP contribution in [0.25, 0.3) is 0 Å². The fourth-order valence-corrected chi connectivity index (χ4v) is 4.25. The Balaban J connectivity index is 2.20. The average Bonchev–Trinajstić information content (AvgIpc) is 2.49. The first kappa shape index (κ1) is 16.5. The number of sulfonamides is 1. The first-order chi connectivity index (χ1) is 9.86. The quantitative estimate of drug-likeness (QED) is 0.929. The van der Waals surface area contributed by atoms with Crippen molar-refractivity contribution in [2.75, 3.05) is 13.1 Å². The summed E-state index contributed by atoms with van der Waals surface area (Å²) in [6.45, 7) is 7.32. The molecule has 3 atom stereocenters. The van der Waals surface area contributed by atoms with Crippen molar-refractivity contribution in [2.45, 2.75) is 50.5 Å². The zero-order valence-corrected chi connectivity index (χ0v) is 13.9. The molecule has 0 spiro atoms. The van der Waals surface area contributed by atoms with Gasteiger partial charge in [-0.15, -0.1) is 0 Å². The summed E-state index contributed by atoms with van der Waals surface area (Å²) in [5.74, 6) is 0.655. The summed E-state index contributed by atoms with van der Waals surface area (Å²) in [4.78, 5) is 0.386. The molecule has 1 aliphatic rings. The zero-order valence-electron chi connectivity index (χ0n) is 13.1. The van der Waals surface area contributed by atoms with E-state index in [0.29, 0.717) is 23.9 Å². The minimum absolute atomic E-state index is 0.101. The maximum Gasteiger partial charge on any atom is 0.243 e. The fourth-order valence-electron chi connectivity index (χ4n) is 2.70. The zero-order chi connectivity index (χ0) is 15.6. The second-order valence-corrected chi connectivity index (χ2v) is 8.11. The van der Waals surface area contributed by atoms with E-state index >= 15 is 0 Å². The van der Waals surface area contributed by atoms with Crippen molar-refractivity contribution in [3.8, 4) is 0 Å². The molecule has 5 heteroatoms. The van der Waals surface area contributed by atoms with Crippen LogP contribution in [0.5, 0.6) is 0 Å². The standard InChI is InChI=1S/C16H26N2O2S/c1-4-12(2)14-5-7-15(8-6-14)21(19,20)18-10-9-16(17)13(3)11-18/h5-8,12-13,16H,4,9-11,17H2,1-3H3. The topological polar surface area (TPSA) is 63.4 Å². The number of hydrogen-bond donors (Lipinski definition) is 1. The van der Waals surface area contributed by atoms with Crippen molar-refractivity contribution in [3.05, 3.63) is 29.8 Å². The highest BCUT2D eigenvalue weighted by molar-refractivity contribution is 7.89. The molecule has 2 rings (SSSR count). The van der Waals surface area contributed by atoms with Gasteiger partial charge >= 0.3 is 0 Å². The Hall–Kier alpha value is -0.910. The van der Waals surface area contributed by atoms with Gasteiger partial charge in [0.1, 0.15) is 0 Å². The number of benzene rings is 1. The molecule has 1 saturated heterocycles. The lowest BCUT2D eigenvalue weighted by Crippen LogP contribution is -2.48. The van der Waals surface area contributed by atoms with Crippen LogP contribution in [0.2, 0.25) is 0 Å². The van der Waals surface area contributed by atoms with E-state index in [-0.39, 0.29) is 12.0 Å². The Kier molecular flexibility index (Phi) is 5.07. The summed E-state index contributed by atoms with van der Waals surface area (Å²) >= 11 is 0. The average molecular weight is 310 g/mol. The third-order valence-corrected chi connectivity index (χ3v) is 6.51. The molecule has 118 valence electrons. The maximum atomic E-state index is 12.7. The number of nitrogens with zero attached hydrogens (tertiary/aromatic N) is 1. The van der Waals surface area contributed by atoms with Crippen molar-refractivity contribution in [2.24, 2.45) is 11.7 Å². The van der Waals surface area contributed by atoms with Gasteiger partial charge in [0.2, 0.25) is 10.0 Å². The van der Waals surface area contributed by atoms with Crippen LogP contribution in [0.1, 0.15) is 45.1 Å². The van der Waals surface area contributed by atoms with Crippen molar-refractivity contribution < 1.29 is 8.42 Å². The predicted octanol–water partition coefficient (Wildman–Crippen LogP) is 2.56. The van der Waals surface area contributed by atoms with Crippen molar-refractivity contribution in [1.29, 1.82) is 0 Å². The molecule has 2 N–H and O–H groups in total. The Labute approximate surface area is 128 Å². The van der Waals surface area contributed by atoms with Crippen LogP contribution in [0.15, 0.2) is 29.2 Å². The van der Waals surface area contributed by atoms with Crippen LogP contribution in [-0.2, 0) is 10.0 Å². The SMILES string of the molecule is CCC(C)c1ccc(S(=O)(=O)N2CCC(N)C(C)C2)cc1. The molecule has 3 unspecified atom stereocenters. The number of piperidine rings is 1. The van der Waals surface area contributed by atoms with Crippen molar-refractivity contribution in [1.82, 2.24) is 4.31 Å². The Morgan fingerprint density at radius 1 is 1.33 bits per heavy atom. The van der Waals surface area contributed by atoms with Gasteiger partial charge in [-0.2, -0.15) is 4.31 Å². The van der Waals surface area contributed by atoms with Crippen molar-refractivity contribution in [3.63, 3.8) is 0 Å². The third-order valence-electron chi connectivity index (χ3n) is 4.63. The lowest BCUT2D eigenvalue weighted by atomic mass is 9.96. The fraction of sp³-hybridized carbons (Fsp3) is 0.625. The summed E-state index contributed by atoms with van der Waals surface area (Å²) in [6.07, 6.45) is 1.78. The normalized spacial score (nSPS) is 25.7. The van der Waals surface area contributed by atoms with E-state index in [1.807, 2.05) is 19.1 Å². The summed E-state index contributed by atoms with van der Waals surface area (Å²) in [5.41, 5.74) is 7.16. The molecule has 1 aromatic rings. The summed E-state index contributed by atoms with van der Waals surface area (Å²) < 4.78 is 26.9. The summed E-state index contributed by atoms with van der Waals surface area (Å²) in [5, 5.41) is 0. The van der Waals surface area contributed by atoms with E-state index in [2.05, 4.69) is 13.8 Å². The van der Waals surface area contributed by atoms with Gasteiger partial charge in [-0.25, -0.2) is 8.42 Å². The predicted molar refractivity (Wildman–Crippen MR) is 85.7 cm³/mol. The van der Waals surface area contributed by atoms with E-state index in [9.17, 15) is 8.42 Å². The molecule has 0 aliphatic carbocycles. The van der Waals surface area contributed by atoms with Gasteiger partial charge in [0.05, 0.1) is 4.90 Å². The van der Waals surface area contributed by atoms with Gasteiger partial charge in [-0.05, 0) is 42.4 Å². The van der Waals surface area contributed by atoms with Gasteiger partial charge in [-0.1, -0.05) is 32.9 Å². The van der Waals surface area contributed by atoms with Crippen LogP contribution in [0, 0.1) is 5.92 Å². The van der Waals surface area contributed by atoms with E-state index in [1.54, 1.807) is 16.4 Å². The van der Waals surface area contributed by atoms with Crippen molar-refractivity contribution >= 4 is 10.0 Å². The van der Waals surface area contributed by atoms with E-state index in [1.165, 1.54) is 5.56 Å². The van der Waals surface area contributed by atoms with Crippen LogP contribution in [0.4, 0.5) is 0 Å². The summed E-state index contributed by atoms with van der Waals surface area (Å²) in [7, 11) is -3.39. The molecule has 1 fully saturated rings. The maximum absolute atomic E-state index is 12.7. The molecule has 1 aromatic carbocycles. The monoisotopic (exact) mass is 310 g/mol. The molecule has 21 heavy (non-hydrogen) atoms. The molecule has 4 nitrogen and oxygen atoms in total. The number of rotatable bonds is 4. The van der Waals surface area contributed by atoms with E-state index in [0.717, 1.165) is 12.8 Å². The van der Waals surface area contributed by atoms with Gasteiger partial charge in [0, 0.05) is 19.1 Å². The summed E-state index contributed by atoms with van der Waals surface area (Å²) in [6, 6.07) is 7.43. The van der Waals surface area contributed by atoms with E-state index in [4.69, 9.17) is 5.73 Å². The largest absolute Gasteiger partial charge is 0.327 e. The minimum Gasteiger partial charge on any atom is -0.327 e. The highest BCUT2D eigenvalue weighted by atomic mass is 32.2. The van der Waals surface area contributed by atoms with Gasteiger partial charge in [0.25, 0.3) is 0 Å². The molecule has 0 aromatic heterocycles. The lowest BCUT2D eigenvalue weighted by Gasteiger charge is -2.34. The number of hydrogen-bond acceptors (Lipinski definition) is 3. The van der Waals surface area contributed by atoms with Crippen LogP contribution in [-0.4, -0.2) is 31.9 Å². The Morgan fingerprint density at radius 2 is 1.95 bits per heavy atom. The minimum atomic E-state index is -3.39. The molecule has 0 bridgehead atoms. The highest BCUT2D eigenvalue weighted by Crippen LogP contribution is 2.25. The molecule has 1 heterocycles. The molecule has 0 radical (unpaired) electrons. The van der Waals surface area contributed by atoms with Crippen LogP contribution >= 0.6 is 0 Å². The van der Waals surface area contributed by atoms with Gasteiger partial charge in [-0.3, -0.25) is 0 Å². The molecular weight excluding hydrogens is 284 g/mol. The second-order valence-electron chi connectivity index (χ2n) is 6.17. The third kappa shape index (κ3) is 3.47. The second kappa shape index (κ2) is 6.46. The first-order valence-corrected chi connectivity index (χ1v) is 9.16. The van der Waals surface area contributed by atoms with Crippen LogP contribution < -0.4 is 5.73 Å². The number of nitrogens with two attached hydrogens (primary N) is 1. The van der Waals surface area contributed by atoms with Gasteiger partial charge < -0.3 is 5.73 Å². The van der Waals surface area contributed by atoms with Crippen LogP contribution in [0.3, 0.4) is 0 Å². The lowest BCUT2D eigenvalue weighted by molar-refractivity contribution is 0.250. The first-order valence-electron chi connectivity index (χ1n) is 7.72. The Morgan fingerprint density at radius 3 is 2.48 bits per heavy atom. The van der Waals surface area contributed by atoms with Gasteiger partial charge in [0.15, 0.2) is 0 Å². The molecule has 0 amide bonds. The highest BCUT2D eigenvalue weighted by Gasteiger charge is 2.31.